The van der Waals surface area contributed by atoms with Crippen LogP contribution in [0.15, 0.2) is 29.2 Å². The van der Waals surface area contributed by atoms with Crippen LogP contribution in [0, 0.1) is 5.92 Å². The molecule has 2 aromatic rings. The maximum Gasteiger partial charge on any atom is 0.273 e. The summed E-state index contributed by atoms with van der Waals surface area (Å²) in [7, 11) is 0. The lowest BCUT2D eigenvalue weighted by Gasteiger charge is -2.33. The van der Waals surface area contributed by atoms with Crippen molar-refractivity contribution in [3.8, 4) is 0 Å². The Morgan fingerprint density at radius 1 is 1.10 bits per heavy atom. The van der Waals surface area contributed by atoms with Crippen molar-refractivity contribution < 1.29 is 4.79 Å². The number of fused-ring (bicyclic) bond motifs is 1. The highest BCUT2D eigenvalue weighted by Gasteiger charge is 2.34. The molecule has 1 saturated carbocycles. The topological polar surface area (TPSA) is 82.2 Å². The van der Waals surface area contributed by atoms with Gasteiger partial charge in [-0.15, -0.1) is 0 Å². The Morgan fingerprint density at radius 2 is 1.97 bits per heavy atom. The van der Waals surface area contributed by atoms with E-state index >= 15 is 0 Å². The zero-order valence-corrected chi connectivity index (χ0v) is 18.1. The molecule has 1 atom stereocenters. The summed E-state index contributed by atoms with van der Waals surface area (Å²) < 4.78 is 0. The summed E-state index contributed by atoms with van der Waals surface area (Å²) in [6.45, 7) is 3.44. The number of nitrogens with zero attached hydrogens (tertiary/aromatic N) is 4. The van der Waals surface area contributed by atoms with Crippen LogP contribution in [0.3, 0.4) is 0 Å². The second-order valence-electron chi connectivity index (χ2n) is 9.24. The van der Waals surface area contributed by atoms with Crippen molar-refractivity contribution in [2.24, 2.45) is 5.92 Å². The molecule has 5 rings (SSSR count). The first kappa shape index (κ1) is 20.4. The normalized spacial score (nSPS) is 22.5. The third-order valence-electron chi connectivity index (χ3n) is 7.13. The molecule has 7 nitrogen and oxygen atoms in total. The molecule has 0 spiro atoms. The molecule has 1 amide bonds. The molecule has 0 radical (unpaired) electrons. The Labute approximate surface area is 182 Å². The zero-order chi connectivity index (χ0) is 21.2. The minimum Gasteiger partial charge on any atom is -0.327 e. The van der Waals surface area contributed by atoms with Gasteiger partial charge in [-0.1, -0.05) is 25.3 Å². The molecule has 0 bridgehead atoms. The molecule has 7 heteroatoms. The first-order valence-electron chi connectivity index (χ1n) is 11.8. The summed E-state index contributed by atoms with van der Waals surface area (Å²) in [4.78, 5) is 42.3. The van der Waals surface area contributed by atoms with Crippen molar-refractivity contribution in [2.75, 3.05) is 19.6 Å². The van der Waals surface area contributed by atoms with Gasteiger partial charge in [0.05, 0.1) is 11.7 Å². The van der Waals surface area contributed by atoms with Gasteiger partial charge in [-0.3, -0.25) is 19.5 Å². The highest BCUT2D eigenvalue weighted by atomic mass is 16.2. The van der Waals surface area contributed by atoms with Gasteiger partial charge in [0, 0.05) is 37.9 Å². The van der Waals surface area contributed by atoms with E-state index in [0.717, 1.165) is 56.1 Å². The van der Waals surface area contributed by atoms with Gasteiger partial charge in [-0.25, -0.2) is 4.98 Å². The van der Waals surface area contributed by atoms with E-state index in [9.17, 15) is 9.59 Å². The number of hydrogen-bond donors (Lipinski definition) is 1. The Kier molecular flexibility index (Phi) is 5.85. The van der Waals surface area contributed by atoms with Crippen molar-refractivity contribution >= 4 is 5.91 Å². The summed E-state index contributed by atoms with van der Waals surface area (Å²) in [6, 6.07) is 5.18. The van der Waals surface area contributed by atoms with Gasteiger partial charge in [0.25, 0.3) is 11.5 Å². The van der Waals surface area contributed by atoms with Crippen LogP contribution in [0.4, 0.5) is 0 Å². The summed E-state index contributed by atoms with van der Waals surface area (Å²) in [5.74, 6) is 1.31. The molecule has 1 saturated heterocycles. The van der Waals surface area contributed by atoms with Crippen molar-refractivity contribution in [1.82, 2.24) is 24.8 Å². The van der Waals surface area contributed by atoms with E-state index in [0.29, 0.717) is 18.1 Å². The summed E-state index contributed by atoms with van der Waals surface area (Å²) in [5, 5.41) is 0. The maximum absolute atomic E-state index is 13.0. The molecular weight excluding hydrogens is 390 g/mol. The average molecular weight is 422 g/mol. The number of amides is 1. The third-order valence-corrected chi connectivity index (χ3v) is 7.13. The first-order chi connectivity index (χ1) is 15.2. The number of likely N-dealkylation sites (tertiary alicyclic amines) is 1. The number of nitrogens with one attached hydrogen (secondary N) is 1. The van der Waals surface area contributed by atoms with E-state index < -0.39 is 0 Å². The smallest absolute Gasteiger partial charge is 0.273 e. The molecule has 3 aliphatic rings. The fourth-order valence-electron chi connectivity index (χ4n) is 5.49. The number of carbonyl (C=O) groups excluding carboxylic acids is 1. The lowest BCUT2D eigenvalue weighted by molar-refractivity contribution is 0.0723. The quantitative estimate of drug-likeness (QED) is 0.820. The Hall–Kier alpha value is -2.54. The van der Waals surface area contributed by atoms with Gasteiger partial charge in [-0.2, -0.15) is 0 Å². The molecule has 2 aliphatic heterocycles. The van der Waals surface area contributed by atoms with E-state index in [1.807, 2.05) is 11.0 Å². The second kappa shape index (κ2) is 8.91. The van der Waals surface area contributed by atoms with Crippen LogP contribution in [0.2, 0.25) is 0 Å². The minimum absolute atomic E-state index is 0.0329. The molecule has 2 fully saturated rings. The molecule has 4 heterocycles. The summed E-state index contributed by atoms with van der Waals surface area (Å²) in [5.41, 5.74) is 2.13. The van der Waals surface area contributed by atoms with Crippen LogP contribution in [-0.4, -0.2) is 50.3 Å². The molecule has 1 unspecified atom stereocenters. The number of hydrogen-bond acceptors (Lipinski definition) is 5. The molecular formula is C24H31N5O2. The molecule has 2 aromatic heterocycles. The number of carbonyl (C=O) groups is 1. The van der Waals surface area contributed by atoms with Gasteiger partial charge >= 0.3 is 0 Å². The van der Waals surface area contributed by atoms with Crippen molar-refractivity contribution in [2.45, 2.75) is 64.0 Å². The highest BCUT2D eigenvalue weighted by molar-refractivity contribution is 5.92. The molecule has 164 valence electrons. The summed E-state index contributed by atoms with van der Waals surface area (Å²) in [6.07, 6.45) is 10.8. The maximum atomic E-state index is 13.0. The van der Waals surface area contributed by atoms with E-state index in [4.69, 9.17) is 4.98 Å². The van der Waals surface area contributed by atoms with Crippen molar-refractivity contribution in [3.63, 3.8) is 0 Å². The van der Waals surface area contributed by atoms with Gasteiger partial charge < -0.3 is 9.88 Å². The number of pyridine rings is 1. The zero-order valence-electron chi connectivity index (χ0n) is 18.1. The fraction of sp³-hybridized carbons (Fsp3) is 0.583. The van der Waals surface area contributed by atoms with Crippen LogP contribution in [0.25, 0.3) is 0 Å². The van der Waals surface area contributed by atoms with Crippen LogP contribution < -0.4 is 5.56 Å². The largest absolute Gasteiger partial charge is 0.327 e. The van der Waals surface area contributed by atoms with Gasteiger partial charge in [0.1, 0.15) is 11.5 Å². The van der Waals surface area contributed by atoms with Crippen LogP contribution >= 0.6 is 0 Å². The SMILES string of the molecule is O=C(c1ccccn1)N1CCCC1c1nc2c(c(=O)[nH]1)CCN(CC1CCCCC1)C2. The van der Waals surface area contributed by atoms with Crippen LogP contribution in [-0.2, 0) is 13.0 Å². The Bertz CT molecular complexity index is 983. The highest BCUT2D eigenvalue weighted by Crippen LogP contribution is 2.32. The van der Waals surface area contributed by atoms with Gasteiger partial charge in [0.15, 0.2) is 0 Å². The Balaban J connectivity index is 1.36. The van der Waals surface area contributed by atoms with Gasteiger partial charge in [0.2, 0.25) is 0 Å². The van der Waals surface area contributed by atoms with Crippen molar-refractivity contribution in [3.05, 3.63) is 57.5 Å². The van der Waals surface area contributed by atoms with Crippen LogP contribution in [0.1, 0.15) is 78.6 Å². The van der Waals surface area contributed by atoms with E-state index in [1.165, 1.54) is 32.1 Å². The second-order valence-corrected chi connectivity index (χ2v) is 9.24. The molecule has 0 aromatic carbocycles. The molecule has 1 N–H and O–H groups in total. The fourth-order valence-corrected chi connectivity index (χ4v) is 5.49. The van der Waals surface area contributed by atoms with Gasteiger partial charge in [-0.05, 0) is 50.2 Å². The van der Waals surface area contributed by atoms with Crippen molar-refractivity contribution in [1.29, 1.82) is 0 Å². The van der Waals surface area contributed by atoms with E-state index in [-0.39, 0.29) is 17.5 Å². The first-order valence-corrected chi connectivity index (χ1v) is 11.8. The standard InChI is InChI=1S/C24H31N5O2/c30-23-18-11-14-28(15-17-7-2-1-3-8-17)16-20(18)26-22(27-23)21-10-6-13-29(21)24(31)19-9-4-5-12-25-19/h4-5,9,12,17,21H,1-3,6-8,10-11,13-16H2,(H,26,27,30). The monoisotopic (exact) mass is 421 g/mol. The van der Waals surface area contributed by atoms with E-state index in [2.05, 4.69) is 14.9 Å². The summed E-state index contributed by atoms with van der Waals surface area (Å²) >= 11 is 0. The lowest BCUT2D eigenvalue weighted by Crippen LogP contribution is -2.39. The predicted octanol–water partition coefficient (Wildman–Crippen LogP) is 3.08. The number of aromatic nitrogens is 3. The molecule has 1 aliphatic carbocycles. The lowest BCUT2D eigenvalue weighted by atomic mass is 9.88. The minimum atomic E-state index is -0.193. The van der Waals surface area contributed by atoms with Crippen LogP contribution in [0.5, 0.6) is 0 Å². The number of H-pyrrole nitrogens is 1. The molecule has 31 heavy (non-hydrogen) atoms. The van der Waals surface area contributed by atoms with E-state index in [1.54, 1.807) is 18.3 Å². The average Bonchev–Trinajstić information content (AvgIpc) is 3.29. The predicted molar refractivity (Wildman–Crippen MR) is 118 cm³/mol. The number of rotatable bonds is 4. The Morgan fingerprint density at radius 3 is 2.77 bits per heavy atom. The number of aromatic amines is 1. The third kappa shape index (κ3) is 4.28.